The highest BCUT2D eigenvalue weighted by molar-refractivity contribution is 5.95. The number of likely N-dealkylation sites (tertiary alicyclic amines) is 1. The van der Waals surface area contributed by atoms with Crippen LogP contribution in [-0.4, -0.2) is 78.9 Å². The van der Waals surface area contributed by atoms with Crippen molar-refractivity contribution < 1.29 is 14.3 Å². The molecule has 0 aromatic heterocycles. The maximum absolute atomic E-state index is 13.0. The molecule has 2 heterocycles. The molecule has 1 aromatic carbocycles. The number of aryl methyl sites for hydroxylation is 1. The summed E-state index contributed by atoms with van der Waals surface area (Å²) in [6.45, 7) is 6.87. The summed E-state index contributed by atoms with van der Waals surface area (Å²) in [6, 6.07) is 5.62. The lowest BCUT2D eigenvalue weighted by Gasteiger charge is -2.27. The molecule has 0 N–H and O–H groups in total. The van der Waals surface area contributed by atoms with Gasteiger partial charge in [0.2, 0.25) is 5.91 Å². The Kier molecular flexibility index (Phi) is 5.58. The van der Waals surface area contributed by atoms with Crippen molar-refractivity contribution in [3.05, 3.63) is 29.3 Å². The number of carbonyl (C=O) groups is 2. The second-order valence-corrected chi connectivity index (χ2v) is 8.39. The summed E-state index contributed by atoms with van der Waals surface area (Å²) in [5.74, 6) is 1.90. The number of amides is 2. The Morgan fingerprint density at radius 2 is 1.93 bits per heavy atom. The Bertz CT molecular complexity index is 747. The highest BCUT2D eigenvalue weighted by Crippen LogP contribution is 2.32. The van der Waals surface area contributed by atoms with E-state index in [2.05, 4.69) is 9.80 Å². The molecule has 0 radical (unpaired) electrons. The number of rotatable bonds is 5. The Labute approximate surface area is 167 Å². The average Bonchev–Trinajstić information content (AvgIpc) is 3.48. The number of methoxy groups -OCH3 is 1. The highest BCUT2D eigenvalue weighted by Gasteiger charge is 2.38. The smallest absolute Gasteiger partial charge is 0.254 e. The maximum atomic E-state index is 13.0. The molecule has 1 atom stereocenters. The Morgan fingerprint density at radius 1 is 1.11 bits per heavy atom. The lowest BCUT2D eigenvalue weighted by Crippen LogP contribution is -2.44. The van der Waals surface area contributed by atoms with Gasteiger partial charge in [0.05, 0.1) is 13.2 Å². The molecule has 0 spiro atoms. The van der Waals surface area contributed by atoms with Crippen LogP contribution in [0, 0.1) is 12.8 Å². The normalized spacial score (nSPS) is 23.8. The monoisotopic (exact) mass is 385 g/mol. The molecule has 1 aliphatic carbocycles. The second-order valence-electron chi connectivity index (χ2n) is 8.39. The molecule has 2 amide bonds. The fraction of sp³-hybridized carbons (Fsp3) is 0.636. The molecule has 152 valence electrons. The van der Waals surface area contributed by atoms with E-state index in [0.29, 0.717) is 12.5 Å². The van der Waals surface area contributed by atoms with Gasteiger partial charge in [0, 0.05) is 44.8 Å². The first-order chi connectivity index (χ1) is 13.6. The van der Waals surface area contributed by atoms with E-state index in [4.69, 9.17) is 4.74 Å². The molecule has 1 saturated carbocycles. The molecular formula is C22H31N3O3. The first-order valence-electron chi connectivity index (χ1n) is 10.5. The molecule has 1 aromatic rings. The third-order valence-corrected chi connectivity index (χ3v) is 6.37. The minimum atomic E-state index is 0.0107. The van der Waals surface area contributed by atoms with E-state index in [1.54, 1.807) is 7.11 Å². The van der Waals surface area contributed by atoms with E-state index < -0.39 is 0 Å². The molecule has 4 rings (SSSR count). The Hall–Kier alpha value is -2.08. The zero-order valence-electron chi connectivity index (χ0n) is 17.0. The minimum Gasteiger partial charge on any atom is -0.497 e. The lowest BCUT2D eigenvalue weighted by molar-refractivity contribution is -0.132. The number of hydrogen-bond acceptors (Lipinski definition) is 4. The van der Waals surface area contributed by atoms with Crippen molar-refractivity contribution in [3.63, 3.8) is 0 Å². The van der Waals surface area contributed by atoms with E-state index in [9.17, 15) is 9.59 Å². The van der Waals surface area contributed by atoms with Crippen LogP contribution in [0.1, 0.15) is 41.6 Å². The molecule has 6 nitrogen and oxygen atoms in total. The van der Waals surface area contributed by atoms with E-state index >= 15 is 0 Å². The molecule has 2 saturated heterocycles. The quantitative estimate of drug-likeness (QED) is 0.780. The van der Waals surface area contributed by atoms with Crippen LogP contribution in [0.15, 0.2) is 18.2 Å². The van der Waals surface area contributed by atoms with Gasteiger partial charge in [-0.15, -0.1) is 0 Å². The van der Waals surface area contributed by atoms with Gasteiger partial charge >= 0.3 is 0 Å². The van der Waals surface area contributed by atoms with Crippen molar-refractivity contribution in [3.8, 4) is 5.75 Å². The van der Waals surface area contributed by atoms with Gasteiger partial charge < -0.3 is 14.5 Å². The number of hydrogen-bond donors (Lipinski definition) is 0. The third-order valence-electron chi connectivity index (χ3n) is 6.37. The predicted octanol–water partition coefficient (Wildman–Crippen LogP) is 2.16. The summed E-state index contributed by atoms with van der Waals surface area (Å²) in [5.41, 5.74) is 1.67. The van der Waals surface area contributed by atoms with Crippen molar-refractivity contribution in [2.24, 2.45) is 5.92 Å². The second kappa shape index (κ2) is 8.11. The standard InChI is InChI=1S/C22H31N3O3/c1-16-14-18(28-2)6-7-19(16)21(26)24-10-3-9-23(12-13-24)20-8-11-25(22(20)27)15-17-4-5-17/h6-7,14,17,20H,3-5,8-13,15H2,1-2H3/t20-/m0/s1. The molecule has 28 heavy (non-hydrogen) atoms. The van der Waals surface area contributed by atoms with E-state index in [1.165, 1.54) is 12.8 Å². The van der Waals surface area contributed by atoms with Gasteiger partial charge in [0.15, 0.2) is 0 Å². The maximum Gasteiger partial charge on any atom is 0.254 e. The molecular weight excluding hydrogens is 354 g/mol. The number of carbonyl (C=O) groups excluding carboxylic acids is 2. The van der Waals surface area contributed by atoms with E-state index in [-0.39, 0.29) is 11.9 Å². The van der Waals surface area contributed by atoms with Gasteiger partial charge in [-0.2, -0.15) is 0 Å². The zero-order chi connectivity index (χ0) is 19.7. The van der Waals surface area contributed by atoms with E-state index in [1.807, 2.05) is 30.0 Å². The summed E-state index contributed by atoms with van der Waals surface area (Å²) < 4.78 is 5.25. The Morgan fingerprint density at radius 3 is 2.64 bits per heavy atom. The summed E-state index contributed by atoms with van der Waals surface area (Å²) in [7, 11) is 1.63. The molecule has 3 aliphatic rings. The van der Waals surface area contributed by atoms with Crippen molar-refractivity contribution >= 4 is 11.8 Å². The predicted molar refractivity (Wildman–Crippen MR) is 108 cm³/mol. The number of benzene rings is 1. The highest BCUT2D eigenvalue weighted by atomic mass is 16.5. The van der Waals surface area contributed by atoms with Crippen molar-refractivity contribution in [2.45, 2.75) is 38.6 Å². The van der Waals surface area contributed by atoms with Gasteiger partial charge in [-0.05, 0) is 62.3 Å². The summed E-state index contributed by atoms with van der Waals surface area (Å²) in [5, 5.41) is 0. The summed E-state index contributed by atoms with van der Waals surface area (Å²) >= 11 is 0. The molecule has 0 unspecified atom stereocenters. The van der Waals surface area contributed by atoms with Crippen molar-refractivity contribution in [1.29, 1.82) is 0 Å². The van der Waals surface area contributed by atoms with Crippen LogP contribution in [0.25, 0.3) is 0 Å². The topological polar surface area (TPSA) is 53.1 Å². The molecule has 2 aliphatic heterocycles. The third kappa shape index (κ3) is 4.02. The summed E-state index contributed by atoms with van der Waals surface area (Å²) in [4.78, 5) is 32.2. The van der Waals surface area contributed by atoms with Gasteiger partial charge in [-0.1, -0.05) is 0 Å². The van der Waals surface area contributed by atoms with Crippen LogP contribution in [0.5, 0.6) is 5.75 Å². The number of ether oxygens (including phenoxy) is 1. The van der Waals surface area contributed by atoms with Crippen molar-refractivity contribution in [1.82, 2.24) is 14.7 Å². The van der Waals surface area contributed by atoms with Crippen LogP contribution in [-0.2, 0) is 4.79 Å². The van der Waals surface area contributed by atoms with Gasteiger partial charge in [0.1, 0.15) is 5.75 Å². The molecule has 0 bridgehead atoms. The first kappa shape index (κ1) is 19.2. The number of nitrogens with zero attached hydrogens (tertiary/aromatic N) is 3. The van der Waals surface area contributed by atoms with Gasteiger partial charge in [-0.3, -0.25) is 14.5 Å². The minimum absolute atomic E-state index is 0.0107. The molecule has 3 fully saturated rings. The SMILES string of the molecule is COc1ccc(C(=O)N2CCCN([C@H]3CCN(CC4CC4)C3=O)CC2)c(C)c1. The Balaban J connectivity index is 1.37. The van der Waals surface area contributed by atoms with Crippen LogP contribution < -0.4 is 4.74 Å². The van der Waals surface area contributed by atoms with Crippen LogP contribution in [0.3, 0.4) is 0 Å². The van der Waals surface area contributed by atoms with Crippen LogP contribution in [0.2, 0.25) is 0 Å². The average molecular weight is 386 g/mol. The lowest BCUT2D eigenvalue weighted by atomic mass is 10.1. The zero-order valence-corrected chi connectivity index (χ0v) is 17.0. The first-order valence-corrected chi connectivity index (χ1v) is 10.5. The van der Waals surface area contributed by atoms with E-state index in [0.717, 1.165) is 68.4 Å². The summed E-state index contributed by atoms with van der Waals surface area (Å²) in [6.07, 6.45) is 4.39. The van der Waals surface area contributed by atoms with Gasteiger partial charge in [0.25, 0.3) is 5.91 Å². The van der Waals surface area contributed by atoms with Crippen molar-refractivity contribution in [2.75, 3.05) is 46.4 Å². The fourth-order valence-electron chi connectivity index (χ4n) is 4.48. The van der Waals surface area contributed by atoms with Gasteiger partial charge in [-0.25, -0.2) is 0 Å². The largest absolute Gasteiger partial charge is 0.497 e. The fourth-order valence-corrected chi connectivity index (χ4v) is 4.48. The van der Waals surface area contributed by atoms with Crippen LogP contribution in [0.4, 0.5) is 0 Å². The molecule has 6 heteroatoms. The van der Waals surface area contributed by atoms with Crippen LogP contribution >= 0.6 is 0 Å².